The van der Waals surface area contributed by atoms with Gasteiger partial charge in [0.15, 0.2) is 0 Å². The van der Waals surface area contributed by atoms with Crippen molar-refractivity contribution < 1.29 is 14.5 Å². The van der Waals surface area contributed by atoms with Crippen LogP contribution in [-0.4, -0.2) is 33.3 Å². The van der Waals surface area contributed by atoms with Crippen LogP contribution in [-0.2, 0) is 11.3 Å². The average molecular weight is 332 g/mol. The van der Waals surface area contributed by atoms with Crippen molar-refractivity contribution in [3.05, 3.63) is 51.8 Å². The molecule has 1 aromatic heterocycles. The number of carbonyl (C=O) groups is 1. The third-order valence-corrected chi connectivity index (χ3v) is 3.47. The Kier molecular flexibility index (Phi) is 5.51. The summed E-state index contributed by atoms with van der Waals surface area (Å²) in [4.78, 5) is 22.6. The minimum Gasteiger partial charge on any atom is -0.491 e. The van der Waals surface area contributed by atoms with Crippen molar-refractivity contribution in [3.8, 4) is 5.75 Å². The van der Waals surface area contributed by atoms with Crippen molar-refractivity contribution in [2.45, 2.75) is 33.4 Å². The highest BCUT2D eigenvalue weighted by atomic mass is 16.6. The van der Waals surface area contributed by atoms with E-state index in [2.05, 4.69) is 10.4 Å². The Bertz CT molecular complexity index is 727. The van der Waals surface area contributed by atoms with Gasteiger partial charge in [-0.2, -0.15) is 5.10 Å². The Labute approximate surface area is 139 Å². The summed E-state index contributed by atoms with van der Waals surface area (Å²) in [7, 11) is 0. The van der Waals surface area contributed by atoms with E-state index in [0.29, 0.717) is 18.0 Å². The first-order valence-corrected chi connectivity index (χ1v) is 7.54. The van der Waals surface area contributed by atoms with E-state index in [1.165, 1.54) is 4.68 Å². The van der Waals surface area contributed by atoms with Gasteiger partial charge in [-0.25, -0.2) is 0 Å². The van der Waals surface area contributed by atoms with Crippen molar-refractivity contribution in [1.29, 1.82) is 0 Å². The largest absolute Gasteiger partial charge is 0.491 e. The Morgan fingerprint density at radius 1 is 1.38 bits per heavy atom. The van der Waals surface area contributed by atoms with Crippen LogP contribution in [0.3, 0.4) is 0 Å². The topological polar surface area (TPSA) is 99.3 Å². The highest BCUT2D eigenvalue weighted by Gasteiger charge is 2.23. The van der Waals surface area contributed by atoms with E-state index in [-0.39, 0.29) is 24.2 Å². The molecule has 0 aliphatic rings. The SMILES string of the molecule is Cc1nn(CC(=O)NC(C)COc2ccccc2)c(C)c1[N+](=O)[O-]. The summed E-state index contributed by atoms with van der Waals surface area (Å²) in [5.74, 6) is 0.451. The molecule has 8 heteroatoms. The molecule has 0 bridgehead atoms. The van der Waals surface area contributed by atoms with Crippen LogP contribution in [0.15, 0.2) is 30.3 Å². The number of hydrogen-bond acceptors (Lipinski definition) is 5. The molecule has 1 N–H and O–H groups in total. The van der Waals surface area contributed by atoms with Crippen molar-refractivity contribution >= 4 is 11.6 Å². The third kappa shape index (κ3) is 4.31. The van der Waals surface area contributed by atoms with Crippen LogP contribution >= 0.6 is 0 Å². The molecule has 1 atom stereocenters. The molecule has 0 aliphatic heterocycles. The number of hydrogen-bond donors (Lipinski definition) is 1. The molecular weight excluding hydrogens is 312 g/mol. The van der Waals surface area contributed by atoms with E-state index >= 15 is 0 Å². The van der Waals surface area contributed by atoms with Gasteiger partial charge in [0.2, 0.25) is 5.91 Å². The lowest BCUT2D eigenvalue weighted by Crippen LogP contribution is -2.39. The first kappa shape index (κ1) is 17.5. The van der Waals surface area contributed by atoms with Gasteiger partial charge in [0.25, 0.3) is 0 Å². The van der Waals surface area contributed by atoms with Crippen LogP contribution in [0.5, 0.6) is 5.75 Å². The first-order chi connectivity index (χ1) is 11.4. The molecular formula is C16H20N4O4. The van der Waals surface area contributed by atoms with E-state index in [9.17, 15) is 14.9 Å². The van der Waals surface area contributed by atoms with E-state index in [4.69, 9.17) is 4.74 Å². The summed E-state index contributed by atoms with van der Waals surface area (Å²) in [6.07, 6.45) is 0. The molecule has 24 heavy (non-hydrogen) atoms. The number of aryl methyl sites for hydroxylation is 1. The lowest BCUT2D eigenvalue weighted by molar-refractivity contribution is -0.386. The predicted molar refractivity (Wildman–Crippen MR) is 87.9 cm³/mol. The van der Waals surface area contributed by atoms with Gasteiger partial charge < -0.3 is 10.1 Å². The van der Waals surface area contributed by atoms with Crippen LogP contribution in [0.1, 0.15) is 18.3 Å². The zero-order valence-corrected chi connectivity index (χ0v) is 13.9. The number of benzene rings is 1. The van der Waals surface area contributed by atoms with Crippen molar-refractivity contribution in [3.63, 3.8) is 0 Å². The van der Waals surface area contributed by atoms with Crippen LogP contribution in [0, 0.1) is 24.0 Å². The van der Waals surface area contributed by atoms with Crippen LogP contribution in [0.4, 0.5) is 5.69 Å². The summed E-state index contributed by atoms with van der Waals surface area (Å²) in [5, 5.41) is 17.8. The smallest absolute Gasteiger partial charge is 0.312 e. The molecule has 8 nitrogen and oxygen atoms in total. The fourth-order valence-corrected chi connectivity index (χ4v) is 2.34. The fraction of sp³-hybridized carbons (Fsp3) is 0.375. The molecule has 1 aromatic carbocycles. The quantitative estimate of drug-likeness (QED) is 0.617. The van der Waals surface area contributed by atoms with Crippen molar-refractivity contribution in [2.75, 3.05) is 6.61 Å². The van der Waals surface area contributed by atoms with Gasteiger partial charge in [0, 0.05) is 0 Å². The molecule has 0 saturated heterocycles. The Morgan fingerprint density at radius 3 is 2.62 bits per heavy atom. The van der Waals surface area contributed by atoms with E-state index < -0.39 is 4.92 Å². The maximum atomic E-state index is 12.1. The maximum Gasteiger partial charge on any atom is 0.312 e. The summed E-state index contributed by atoms with van der Waals surface area (Å²) >= 11 is 0. The van der Waals surface area contributed by atoms with Crippen molar-refractivity contribution in [1.82, 2.24) is 15.1 Å². The lowest BCUT2D eigenvalue weighted by Gasteiger charge is -2.15. The summed E-state index contributed by atoms with van der Waals surface area (Å²) < 4.78 is 6.91. The molecule has 0 aliphatic carbocycles. The minimum atomic E-state index is -0.484. The molecule has 1 heterocycles. The number of nitrogens with one attached hydrogen (secondary N) is 1. The van der Waals surface area contributed by atoms with Gasteiger partial charge in [-0.05, 0) is 32.9 Å². The average Bonchev–Trinajstić information content (AvgIpc) is 2.80. The maximum absolute atomic E-state index is 12.1. The second-order valence-electron chi connectivity index (χ2n) is 5.53. The number of rotatable bonds is 7. The summed E-state index contributed by atoms with van der Waals surface area (Å²) in [5.41, 5.74) is 0.606. The zero-order chi connectivity index (χ0) is 17.7. The normalized spacial score (nSPS) is 11.8. The van der Waals surface area contributed by atoms with Gasteiger partial charge >= 0.3 is 5.69 Å². The molecule has 1 amide bonds. The highest BCUT2D eigenvalue weighted by molar-refractivity contribution is 5.76. The summed E-state index contributed by atoms with van der Waals surface area (Å²) in [6.45, 7) is 5.21. The number of nitro groups is 1. The molecule has 128 valence electrons. The summed E-state index contributed by atoms with van der Waals surface area (Å²) in [6, 6.07) is 9.10. The number of para-hydroxylation sites is 1. The van der Waals surface area contributed by atoms with E-state index in [1.54, 1.807) is 13.8 Å². The number of carbonyl (C=O) groups excluding carboxylic acids is 1. The standard InChI is InChI=1S/C16H20N4O4/c1-11(10-24-14-7-5-4-6-8-14)17-15(21)9-19-13(3)16(20(22)23)12(2)18-19/h4-8,11H,9-10H2,1-3H3,(H,17,21). The molecule has 0 saturated carbocycles. The molecule has 2 aromatic rings. The first-order valence-electron chi connectivity index (χ1n) is 7.54. The number of amides is 1. The number of aromatic nitrogens is 2. The second-order valence-corrected chi connectivity index (χ2v) is 5.53. The van der Waals surface area contributed by atoms with Gasteiger partial charge in [-0.1, -0.05) is 18.2 Å². The molecule has 0 fully saturated rings. The van der Waals surface area contributed by atoms with Gasteiger partial charge in [0.1, 0.15) is 30.3 Å². The van der Waals surface area contributed by atoms with E-state index in [1.807, 2.05) is 37.3 Å². The Balaban J connectivity index is 1.89. The third-order valence-electron chi connectivity index (χ3n) is 3.47. The zero-order valence-electron chi connectivity index (χ0n) is 13.9. The van der Waals surface area contributed by atoms with Gasteiger partial charge in [-0.3, -0.25) is 19.6 Å². The molecule has 2 rings (SSSR count). The fourth-order valence-electron chi connectivity index (χ4n) is 2.34. The van der Waals surface area contributed by atoms with Crippen LogP contribution in [0.25, 0.3) is 0 Å². The Hall–Kier alpha value is -2.90. The lowest BCUT2D eigenvalue weighted by atomic mass is 10.3. The molecule has 0 spiro atoms. The Morgan fingerprint density at radius 2 is 2.04 bits per heavy atom. The molecule has 1 unspecified atom stereocenters. The number of nitrogens with zero attached hydrogens (tertiary/aromatic N) is 3. The van der Waals surface area contributed by atoms with Crippen LogP contribution < -0.4 is 10.1 Å². The van der Waals surface area contributed by atoms with Gasteiger partial charge in [-0.15, -0.1) is 0 Å². The van der Waals surface area contributed by atoms with E-state index in [0.717, 1.165) is 5.75 Å². The predicted octanol–water partition coefficient (Wildman–Crippen LogP) is 1.99. The molecule has 0 radical (unpaired) electrons. The van der Waals surface area contributed by atoms with Gasteiger partial charge in [0.05, 0.1) is 11.0 Å². The van der Waals surface area contributed by atoms with Crippen molar-refractivity contribution in [2.24, 2.45) is 0 Å². The monoisotopic (exact) mass is 332 g/mol. The van der Waals surface area contributed by atoms with Crippen LogP contribution in [0.2, 0.25) is 0 Å². The number of ether oxygens (including phenoxy) is 1. The highest BCUT2D eigenvalue weighted by Crippen LogP contribution is 2.21. The minimum absolute atomic E-state index is 0.0525. The second kappa shape index (κ2) is 7.58.